The topological polar surface area (TPSA) is 76.4 Å². The molecule has 0 saturated carbocycles. The number of Topliss-reactive ketones (excluding diaryl/α,β-unsaturated/α-hetero) is 1. The number of nitriles is 1. The zero-order chi connectivity index (χ0) is 26.3. The third-order valence-corrected chi connectivity index (χ3v) is 7.17. The van der Waals surface area contributed by atoms with Crippen molar-refractivity contribution in [2.24, 2.45) is 0 Å². The first kappa shape index (κ1) is 24.8. The smallest absolute Gasteiger partial charge is 0.316 e. The van der Waals surface area contributed by atoms with Crippen LogP contribution in [0.3, 0.4) is 0 Å². The number of halogens is 3. The van der Waals surface area contributed by atoms with Crippen LogP contribution in [0.1, 0.15) is 54.0 Å². The molecule has 2 heterocycles. The Balaban J connectivity index is 1.71. The number of urea groups is 1. The first-order valence-corrected chi connectivity index (χ1v) is 12.2. The van der Waals surface area contributed by atoms with Crippen molar-refractivity contribution in [2.45, 2.75) is 37.9 Å². The van der Waals surface area contributed by atoms with Crippen molar-refractivity contribution in [3.05, 3.63) is 82.1 Å². The van der Waals surface area contributed by atoms with Crippen LogP contribution in [-0.4, -0.2) is 36.9 Å². The third kappa shape index (κ3) is 4.42. The predicted octanol–water partition coefficient (Wildman–Crippen LogP) is 5.57. The normalized spacial score (nSPS) is 20.5. The molecule has 1 N–H and O–H groups in total. The fourth-order valence-electron chi connectivity index (χ4n) is 5.43. The molecule has 0 saturated heterocycles. The lowest BCUT2D eigenvalue weighted by molar-refractivity contribution is -0.137. The lowest BCUT2D eigenvalue weighted by Gasteiger charge is -2.44. The summed E-state index contributed by atoms with van der Waals surface area (Å²) < 4.78 is 40.4. The van der Waals surface area contributed by atoms with Crippen LogP contribution in [0.2, 0.25) is 0 Å². The van der Waals surface area contributed by atoms with Crippen molar-refractivity contribution in [1.29, 1.82) is 5.26 Å². The fraction of sp³-hybridized carbons (Fsp3) is 0.321. The Morgan fingerprint density at radius 3 is 2.59 bits per heavy atom. The van der Waals surface area contributed by atoms with Crippen LogP contribution in [-0.2, 0) is 11.0 Å². The standard InChI is InChI=1S/C28H25F3N4O2/c1-34-26(21-9-8-17(16-32)14-22(21)18-10-12-33-13-11-18)25-23(6-3-7-24(25)36)35(27(34)37)20-5-2-4-19(15-20)28(29,30)31/h2,4-5,8-10,14-15,26,33H,3,6-7,11-13H2,1H3. The van der Waals surface area contributed by atoms with E-state index in [1.165, 1.54) is 21.9 Å². The van der Waals surface area contributed by atoms with E-state index in [0.717, 1.165) is 41.8 Å². The number of ketones is 1. The molecule has 2 aliphatic heterocycles. The molecule has 0 spiro atoms. The summed E-state index contributed by atoms with van der Waals surface area (Å²) in [5, 5.41) is 12.8. The summed E-state index contributed by atoms with van der Waals surface area (Å²) in [7, 11) is 1.57. The molecule has 1 atom stereocenters. The second-order valence-corrected chi connectivity index (χ2v) is 9.41. The van der Waals surface area contributed by atoms with Crippen LogP contribution in [0.15, 0.2) is 59.8 Å². The number of hydrogen-bond donors (Lipinski definition) is 1. The zero-order valence-electron chi connectivity index (χ0n) is 20.2. The van der Waals surface area contributed by atoms with Crippen molar-refractivity contribution >= 4 is 23.1 Å². The van der Waals surface area contributed by atoms with Gasteiger partial charge < -0.3 is 10.2 Å². The van der Waals surface area contributed by atoms with Gasteiger partial charge in [0.2, 0.25) is 0 Å². The molecular weight excluding hydrogens is 481 g/mol. The molecule has 0 radical (unpaired) electrons. The number of carbonyl (C=O) groups is 2. The van der Waals surface area contributed by atoms with Crippen LogP contribution in [0.4, 0.5) is 23.7 Å². The van der Waals surface area contributed by atoms with Gasteiger partial charge in [0.1, 0.15) is 0 Å². The van der Waals surface area contributed by atoms with Crippen LogP contribution in [0.5, 0.6) is 0 Å². The monoisotopic (exact) mass is 506 g/mol. The Morgan fingerprint density at radius 2 is 1.89 bits per heavy atom. The van der Waals surface area contributed by atoms with Crippen molar-refractivity contribution in [2.75, 3.05) is 25.0 Å². The highest BCUT2D eigenvalue weighted by Crippen LogP contribution is 2.46. The van der Waals surface area contributed by atoms with Crippen LogP contribution in [0, 0.1) is 11.3 Å². The van der Waals surface area contributed by atoms with Crippen LogP contribution >= 0.6 is 0 Å². The molecular formula is C28H25F3N4O2. The highest BCUT2D eigenvalue weighted by atomic mass is 19.4. The first-order chi connectivity index (χ1) is 17.7. The van der Waals surface area contributed by atoms with Gasteiger partial charge in [0.15, 0.2) is 5.78 Å². The summed E-state index contributed by atoms with van der Waals surface area (Å²) in [5.41, 5.74) is 3.12. The van der Waals surface area contributed by atoms with Crippen molar-refractivity contribution in [3.63, 3.8) is 0 Å². The molecule has 3 aliphatic rings. The maximum Gasteiger partial charge on any atom is 0.416 e. The molecule has 0 fully saturated rings. The SMILES string of the molecule is CN1C(=O)N(c2cccc(C(F)(F)F)c2)C2=C(C(=O)CCC2)C1c1ccc(C#N)cc1C1=CCNCC1. The molecule has 9 heteroatoms. The van der Waals surface area contributed by atoms with E-state index in [0.29, 0.717) is 42.6 Å². The number of carbonyl (C=O) groups excluding carboxylic acids is 2. The molecule has 6 nitrogen and oxygen atoms in total. The van der Waals surface area contributed by atoms with Gasteiger partial charge in [-0.25, -0.2) is 4.79 Å². The van der Waals surface area contributed by atoms with Crippen LogP contribution < -0.4 is 10.2 Å². The average molecular weight is 507 g/mol. The highest BCUT2D eigenvalue weighted by molar-refractivity contribution is 6.06. The Morgan fingerprint density at radius 1 is 1.08 bits per heavy atom. The summed E-state index contributed by atoms with van der Waals surface area (Å²) in [5.74, 6) is -0.128. The average Bonchev–Trinajstić information content (AvgIpc) is 2.90. The van der Waals surface area contributed by atoms with Gasteiger partial charge in [0.05, 0.1) is 28.9 Å². The second kappa shape index (κ2) is 9.52. The van der Waals surface area contributed by atoms with Crippen LogP contribution in [0.25, 0.3) is 5.57 Å². The summed E-state index contributed by atoms with van der Waals surface area (Å²) in [6, 6.07) is 10.8. The minimum absolute atomic E-state index is 0.0773. The number of anilines is 1. The molecule has 0 bridgehead atoms. The minimum Gasteiger partial charge on any atom is -0.316 e. The maximum atomic E-state index is 13.8. The summed E-state index contributed by atoms with van der Waals surface area (Å²) in [6.07, 6.45) is -0.599. The summed E-state index contributed by atoms with van der Waals surface area (Å²) in [6.45, 7) is 1.43. The highest BCUT2D eigenvalue weighted by Gasteiger charge is 2.44. The van der Waals surface area contributed by atoms with E-state index in [1.54, 1.807) is 25.2 Å². The predicted molar refractivity (Wildman–Crippen MR) is 132 cm³/mol. The Bertz CT molecular complexity index is 1390. The van der Waals surface area contributed by atoms with Gasteiger partial charge in [-0.2, -0.15) is 18.4 Å². The lowest BCUT2D eigenvalue weighted by Crippen LogP contribution is -2.50. The second-order valence-electron chi connectivity index (χ2n) is 9.41. The maximum absolute atomic E-state index is 13.8. The number of nitrogens with one attached hydrogen (secondary N) is 1. The van der Waals surface area contributed by atoms with Crippen molar-refractivity contribution in [1.82, 2.24) is 10.2 Å². The number of likely N-dealkylation sites (N-methyl/N-ethyl adjacent to an activating group) is 1. The van der Waals surface area contributed by atoms with Gasteiger partial charge in [-0.1, -0.05) is 18.2 Å². The van der Waals surface area contributed by atoms with E-state index in [1.807, 2.05) is 6.08 Å². The molecule has 0 aromatic heterocycles. The number of rotatable bonds is 3. The Hall–Kier alpha value is -3.90. The number of alkyl halides is 3. The van der Waals surface area contributed by atoms with Gasteiger partial charge in [-0.05, 0) is 72.8 Å². The molecule has 1 aliphatic carbocycles. The third-order valence-electron chi connectivity index (χ3n) is 7.17. The number of benzene rings is 2. The quantitative estimate of drug-likeness (QED) is 0.590. The number of hydrogen-bond acceptors (Lipinski definition) is 4. The Labute approximate surface area is 212 Å². The largest absolute Gasteiger partial charge is 0.416 e. The van der Waals surface area contributed by atoms with Crippen molar-refractivity contribution < 1.29 is 22.8 Å². The van der Waals surface area contributed by atoms with E-state index in [2.05, 4.69) is 11.4 Å². The van der Waals surface area contributed by atoms with Gasteiger partial charge in [0, 0.05) is 31.3 Å². The lowest BCUT2D eigenvalue weighted by atomic mass is 9.80. The minimum atomic E-state index is -4.57. The Kier molecular flexibility index (Phi) is 6.38. The molecule has 5 rings (SSSR count). The van der Waals surface area contributed by atoms with Gasteiger partial charge in [0.25, 0.3) is 0 Å². The van der Waals surface area contributed by atoms with E-state index in [9.17, 15) is 28.0 Å². The van der Waals surface area contributed by atoms with E-state index in [4.69, 9.17) is 0 Å². The molecule has 190 valence electrons. The van der Waals surface area contributed by atoms with Gasteiger partial charge >= 0.3 is 12.2 Å². The molecule has 2 aromatic rings. The van der Waals surface area contributed by atoms with E-state index < -0.39 is 23.8 Å². The molecule has 1 unspecified atom stereocenters. The van der Waals surface area contributed by atoms with Gasteiger partial charge in [-0.3, -0.25) is 9.69 Å². The van der Waals surface area contributed by atoms with Gasteiger partial charge in [-0.15, -0.1) is 0 Å². The van der Waals surface area contributed by atoms with E-state index in [-0.39, 0.29) is 11.5 Å². The fourth-order valence-corrected chi connectivity index (χ4v) is 5.43. The number of amides is 2. The molecule has 2 aromatic carbocycles. The molecule has 37 heavy (non-hydrogen) atoms. The first-order valence-electron chi connectivity index (χ1n) is 12.2. The number of allylic oxidation sites excluding steroid dienone is 1. The van der Waals surface area contributed by atoms with Crippen molar-refractivity contribution in [3.8, 4) is 6.07 Å². The van der Waals surface area contributed by atoms with E-state index >= 15 is 0 Å². The number of nitrogens with zero attached hydrogens (tertiary/aromatic N) is 3. The molecule has 2 amide bonds. The summed E-state index contributed by atoms with van der Waals surface area (Å²) in [4.78, 5) is 29.9. The zero-order valence-corrected chi connectivity index (χ0v) is 20.2. The summed E-state index contributed by atoms with van der Waals surface area (Å²) >= 11 is 0.